The van der Waals surface area contributed by atoms with E-state index in [2.05, 4.69) is 40.4 Å². The van der Waals surface area contributed by atoms with Crippen molar-refractivity contribution in [3.05, 3.63) is 29.6 Å². The van der Waals surface area contributed by atoms with Crippen LogP contribution in [-0.4, -0.2) is 48.4 Å². The fraction of sp³-hybridized carbons (Fsp3) is 0.611. The largest absolute Gasteiger partial charge is 0.359 e. The Bertz CT molecular complexity index is 564. The third-order valence-corrected chi connectivity index (χ3v) is 4.50. The summed E-state index contributed by atoms with van der Waals surface area (Å²) in [4.78, 5) is 23.0. The van der Waals surface area contributed by atoms with Crippen LogP contribution in [0.3, 0.4) is 0 Å². The molecule has 0 unspecified atom stereocenters. The Labute approximate surface area is 144 Å². The Kier molecular flexibility index (Phi) is 7.03. The minimum absolute atomic E-state index is 0.139. The highest BCUT2D eigenvalue weighted by molar-refractivity contribution is 5.80. The molecule has 1 aromatic rings. The molecule has 0 atom stereocenters. The van der Waals surface area contributed by atoms with Gasteiger partial charge in [-0.25, -0.2) is 4.99 Å². The number of hydrogen-bond acceptors (Lipinski definition) is 3. The van der Waals surface area contributed by atoms with E-state index in [1.165, 1.54) is 5.56 Å². The average molecular weight is 331 g/mol. The number of amides is 1. The second-order valence-electron chi connectivity index (χ2n) is 6.24. The summed E-state index contributed by atoms with van der Waals surface area (Å²) < 4.78 is 0. The second-order valence-corrected chi connectivity index (χ2v) is 6.24. The lowest BCUT2D eigenvalue weighted by Gasteiger charge is -2.34. The van der Waals surface area contributed by atoms with Gasteiger partial charge in [-0.1, -0.05) is 6.07 Å². The molecule has 6 nitrogen and oxygen atoms in total. The standard InChI is InChI=1S/C18H29N5O/c1-4-20-18(22-13-16-14(2)6-5-9-21-16)23-10-7-15(8-11-23)12-17(24)19-3/h5-6,9,15H,4,7-8,10-13H2,1-3H3,(H,19,24)(H,20,22). The van der Waals surface area contributed by atoms with Gasteiger partial charge < -0.3 is 15.5 Å². The molecule has 0 saturated carbocycles. The normalized spacial score (nSPS) is 16.1. The Hall–Kier alpha value is -2.11. The predicted molar refractivity (Wildman–Crippen MR) is 96.8 cm³/mol. The smallest absolute Gasteiger partial charge is 0.220 e. The van der Waals surface area contributed by atoms with Gasteiger partial charge in [0.2, 0.25) is 5.91 Å². The van der Waals surface area contributed by atoms with Crippen LogP contribution in [0.25, 0.3) is 0 Å². The average Bonchev–Trinajstić information content (AvgIpc) is 2.60. The number of carbonyl (C=O) groups excluding carboxylic acids is 1. The van der Waals surface area contributed by atoms with Crippen LogP contribution in [0.5, 0.6) is 0 Å². The fourth-order valence-electron chi connectivity index (χ4n) is 2.97. The van der Waals surface area contributed by atoms with Gasteiger partial charge in [0.1, 0.15) is 0 Å². The molecule has 1 fully saturated rings. The van der Waals surface area contributed by atoms with Crippen molar-refractivity contribution in [1.82, 2.24) is 20.5 Å². The SMILES string of the molecule is CCNC(=NCc1ncccc1C)N1CCC(CC(=O)NC)CC1. The summed E-state index contributed by atoms with van der Waals surface area (Å²) in [6.07, 6.45) is 4.50. The number of nitrogens with zero attached hydrogens (tertiary/aromatic N) is 3. The maximum absolute atomic E-state index is 11.5. The number of hydrogen-bond donors (Lipinski definition) is 2. The number of likely N-dealkylation sites (tertiary alicyclic amines) is 1. The first kappa shape index (κ1) is 18.2. The first-order chi connectivity index (χ1) is 11.6. The van der Waals surface area contributed by atoms with Gasteiger partial charge in [0.15, 0.2) is 5.96 Å². The quantitative estimate of drug-likeness (QED) is 0.636. The molecule has 0 aromatic carbocycles. The van der Waals surface area contributed by atoms with Gasteiger partial charge >= 0.3 is 0 Å². The van der Waals surface area contributed by atoms with Crippen LogP contribution in [-0.2, 0) is 11.3 Å². The molecule has 1 aliphatic rings. The molecule has 2 heterocycles. The third-order valence-electron chi connectivity index (χ3n) is 4.50. The maximum atomic E-state index is 11.5. The number of pyridine rings is 1. The van der Waals surface area contributed by atoms with Crippen molar-refractivity contribution < 1.29 is 4.79 Å². The number of carbonyl (C=O) groups is 1. The van der Waals surface area contributed by atoms with Crippen molar-refractivity contribution in [3.63, 3.8) is 0 Å². The van der Waals surface area contributed by atoms with Crippen LogP contribution in [0.2, 0.25) is 0 Å². The molecule has 6 heteroatoms. The van der Waals surface area contributed by atoms with Gasteiger partial charge in [-0.2, -0.15) is 0 Å². The number of guanidine groups is 1. The van der Waals surface area contributed by atoms with Gasteiger partial charge in [-0.05, 0) is 44.2 Å². The van der Waals surface area contributed by atoms with Gasteiger partial charge in [-0.15, -0.1) is 0 Å². The van der Waals surface area contributed by atoms with E-state index >= 15 is 0 Å². The van der Waals surface area contributed by atoms with Gasteiger partial charge in [-0.3, -0.25) is 9.78 Å². The van der Waals surface area contributed by atoms with E-state index in [-0.39, 0.29) is 5.91 Å². The fourth-order valence-corrected chi connectivity index (χ4v) is 2.97. The summed E-state index contributed by atoms with van der Waals surface area (Å²) in [5.41, 5.74) is 2.18. The zero-order chi connectivity index (χ0) is 17.4. The van der Waals surface area contributed by atoms with Crippen LogP contribution in [0, 0.1) is 12.8 Å². The minimum atomic E-state index is 0.139. The minimum Gasteiger partial charge on any atom is -0.359 e. The van der Waals surface area contributed by atoms with Crippen molar-refractivity contribution in [2.24, 2.45) is 10.9 Å². The zero-order valence-corrected chi connectivity index (χ0v) is 15.0. The highest BCUT2D eigenvalue weighted by Gasteiger charge is 2.23. The second kappa shape index (κ2) is 9.25. The first-order valence-electron chi connectivity index (χ1n) is 8.78. The summed E-state index contributed by atoms with van der Waals surface area (Å²) in [5, 5.41) is 6.09. The summed E-state index contributed by atoms with van der Waals surface area (Å²) in [7, 11) is 1.70. The van der Waals surface area contributed by atoms with E-state index in [9.17, 15) is 4.79 Å². The lowest BCUT2D eigenvalue weighted by atomic mass is 9.93. The Morgan fingerprint density at radius 3 is 2.79 bits per heavy atom. The maximum Gasteiger partial charge on any atom is 0.220 e. The van der Waals surface area contributed by atoms with Gasteiger partial charge in [0.25, 0.3) is 0 Å². The highest BCUT2D eigenvalue weighted by Crippen LogP contribution is 2.20. The first-order valence-corrected chi connectivity index (χ1v) is 8.78. The van der Waals surface area contributed by atoms with E-state index in [0.29, 0.717) is 18.9 Å². The van der Waals surface area contributed by atoms with Crippen molar-refractivity contribution >= 4 is 11.9 Å². The number of aryl methyl sites for hydroxylation is 1. The molecule has 132 valence electrons. The van der Waals surface area contributed by atoms with Crippen molar-refractivity contribution in [2.45, 2.75) is 39.7 Å². The van der Waals surface area contributed by atoms with Crippen LogP contribution >= 0.6 is 0 Å². The van der Waals surface area contributed by atoms with Crippen LogP contribution in [0.4, 0.5) is 0 Å². The molecular weight excluding hydrogens is 302 g/mol. The topological polar surface area (TPSA) is 69.6 Å². The van der Waals surface area contributed by atoms with Gasteiger partial charge in [0.05, 0.1) is 12.2 Å². The summed E-state index contributed by atoms with van der Waals surface area (Å²) in [6.45, 7) is 7.46. The van der Waals surface area contributed by atoms with Crippen molar-refractivity contribution in [3.8, 4) is 0 Å². The van der Waals surface area contributed by atoms with Gasteiger partial charge in [0, 0.05) is 39.3 Å². The Balaban J connectivity index is 1.95. The number of aliphatic imine (C=N–C) groups is 1. The molecule has 0 radical (unpaired) electrons. The molecule has 1 aliphatic heterocycles. The van der Waals surface area contributed by atoms with Crippen LogP contribution in [0.1, 0.15) is 37.4 Å². The van der Waals surface area contributed by atoms with E-state index in [1.54, 1.807) is 7.05 Å². The molecule has 0 aliphatic carbocycles. The number of piperidine rings is 1. The van der Waals surface area contributed by atoms with Crippen molar-refractivity contribution in [1.29, 1.82) is 0 Å². The lowest BCUT2D eigenvalue weighted by molar-refractivity contribution is -0.121. The summed E-state index contributed by atoms with van der Waals surface area (Å²) >= 11 is 0. The third kappa shape index (κ3) is 5.22. The molecule has 2 rings (SSSR count). The van der Waals surface area contributed by atoms with Crippen molar-refractivity contribution in [2.75, 3.05) is 26.7 Å². The van der Waals surface area contributed by atoms with E-state index in [4.69, 9.17) is 4.99 Å². The lowest BCUT2D eigenvalue weighted by Crippen LogP contribution is -2.46. The zero-order valence-electron chi connectivity index (χ0n) is 15.0. The van der Waals surface area contributed by atoms with Crippen LogP contribution < -0.4 is 10.6 Å². The van der Waals surface area contributed by atoms with E-state index in [1.807, 2.05) is 12.3 Å². The summed E-state index contributed by atoms with van der Waals surface area (Å²) in [5.74, 6) is 1.56. The number of aromatic nitrogens is 1. The molecule has 2 N–H and O–H groups in total. The molecule has 1 saturated heterocycles. The Morgan fingerprint density at radius 1 is 1.42 bits per heavy atom. The predicted octanol–water partition coefficient (Wildman–Crippen LogP) is 1.70. The molecule has 1 amide bonds. The highest BCUT2D eigenvalue weighted by atomic mass is 16.1. The summed E-state index contributed by atoms with van der Waals surface area (Å²) in [6, 6.07) is 4.01. The Morgan fingerprint density at radius 2 is 2.17 bits per heavy atom. The number of nitrogens with one attached hydrogen (secondary N) is 2. The van der Waals surface area contributed by atoms with E-state index < -0.39 is 0 Å². The van der Waals surface area contributed by atoms with E-state index in [0.717, 1.165) is 44.1 Å². The molecule has 1 aromatic heterocycles. The molecular formula is C18H29N5O. The molecule has 24 heavy (non-hydrogen) atoms. The van der Waals surface area contributed by atoms with Crippen LogP contribution in [0.15, 0.2) is 23.3 Å². The molecule has 0 bridgehead atoms. The monoisotopic (exact) mass is 331 g/mol. The number of rotatable bonds is 5. The molecule has 0 spiro atoms.